The van der Waals surface area contributed by atoms with Gasteiger partial charge in [0.2, 0.25) is 16.6 Å². The monoisotopic (exact) mass is 372 g/mol. The van der Waals surface area contributed by atoms with Gasteiger partial charge in [-0.1, -0.05) is 17.7 Å². The van der Waals surface area contributed by atoms with E-state index in [1.807, 2.05) is 6.92 Å². The largest absolute Gasteiger partial charge is 0.459 e. The van der Waals surface area contributed by atoms with Gasteiger partial charge in [-0.25, -0.2) is 8.42 Å². The van der Waals surface area contributed by atoms with Crippen molar-refractivity contribution >= 4 is 16.0 Å². The minimum atomic E-state index is -3.95. The lowest BCUT2D eigenvalue weighted by atomic mass is 10.1. The van der Waals surface area contributed by atoms with Crippen LogP contribution in [-0.4, -0.2) is 37.5 Å². The predicted octanol–water partition coefficient (Wildman–Crippen LogP) is 2.04. The first-order chi connectivity index (χ1) is 11.4. The lowest BCUT2D eigenvalue weighted by Crippen LogP contribution is -2.44. The van der Waals surface area contributed by atoms with E-state index in [1.54, 1.807) is 32.9 Å². The molecule has 0 aliphatic heterocycles. The lowest BCUT2D eigenvalue weighted by molar-refractivity contribution is -0.480. The van der Waals surface area contributed by atoms with Gasteiger partial charge in [0, 0.05) is 11.3 Å². The van der Waals surface area contributed by atoms with Crippen molar-refractivity contribution in [1.82, 2.24) is 4.72 Å². The zero-order valence-corrected chi connectivity index (χ0v) is 15.6. The quantitative estimate of drug-likeness (QED) is 0.424. The highest BCUT2D eigenvalue weighted by molar-refractivity contribution is 7.89. The molecule has 1 atom stereocenters. The summed E-state index contributed by atoms with van der Waals surface area (Å²) in [6.07, 6.45) is 0.0221. The molecule has 0 radical (unpaired) electrons. The van der Waals surface area contributed by atoms with E-state index in [0.29, 0.717) is 0 Å². The van der Waals surface area contributed by atoms with Gasteiger partial charge < -0.3 is 4.74 Å². The van der Waals surface area contributed by atoms with Crippen LogP contribution in [0, 0.1) is 17.0 Å². The van der Waals surface area contributed by atoms with E-state index in [4.69, 9.17) is 4.74 Å². The van der Waals surface area contributed by atoms with E-state index in [9.17, 15) is 23.3 Å². The maximum absolute atomic E-state index is 12.5. The van der Waals surface area contributed by atoms with Crippen LogP contribution < -0.4 is 4.72 Å². The number of ether oxygens (including phenoxy) is 1. The molecule has 1 aromatic rings. The number of nitrogens with zero attached hydrogens (tertiary/aromatic N) is 1. The number of carbonyl (C=O) groups excluding carboxylic acids is 1. The molecule has 0 amide bonds. The van der Waals surface area contributed by atoms with Gasteiger partial charge in [-0.3, -0.25) is 14.9 Å². The molecule has 0 heterocycles. The molecule has 0 aliphatic rings. The number of nitrogens with one attached hydrogen (secondary N) is 1. The third kappa shape index (κ3) is 7.61. The summed E-state index contributed by atoms with van der Waals surface area (Å²) in [5.74, 6) is -0.758. The summed E-state index contributed by atoms with van der Waals surface area (Å²) >= 11 is 0. The maximum atomic E-state index is 12.5. The van der Waals surface area contributed by atoms with Crippen molar-refractivity contribution in [2.24, 2.45) is 0 Å². The van der Waals surface area contributed by atoms with Gasteiger partial charge >= 0.3 is 5.97 Å². The summed E-state index contributed by atoms with van der Waals surface area (Å²) in [5.41, 5.74) is 0.0990. The Balaban J connectivity index is 2.95. The molecule has 0 spiro atoms. The van der Waals surface area contributed by atoms with Gasteiger partial charge in [0.15, 0.2) is 0 Å². The zero-order valence-electron chi connectivity index (χ0n) is 14.8. The Hall–Kier alpha value is -2.00. The highest BCUT2D eigenvalue weighted by atomic mass is 32.2. The number of sulfonamides is 1. The fraction of sp³-hybridized carbons (Fsp3) is 0.562. The number of nitro groups is 1. The van der Waals surface area contributed by atoms with Gasteiger partial charge in [0.25, 0.3) is 0 Å². The number of benzene rings is 1. The second kappa shape index (κ2) is 8.39. The van der Waals surface area contributed by atoms with E-state index in [-0.39, 0.29) is 24.3 Å². The molecule has 1 N–H and O–H groups in total. The standard InChI is InChI=1S/C16H24N2O6S/c1-12-7-9-13(10-8-12)25(22,23)17-14(6-5-11-18(20)21)15(19)24-16(2,3)4/h7-10,14,17H,5-6,11H2,1-4H3. The summed E-state index contributed by atoms with van der Waals surface area (Å²) < 4.78 is 32.5. The van der Waals surface area contributed by atoms with Crippen molar-refractivity contribution in [3.63, 3.8) is 0 Å². The molecule has 1 unspecified atom stereocenters. The minimum Gasteiger partial charge on any atom is -0.459 e. The van der Waals surface area contributed by atoms with E-state index in [0.717, 1.165) is 5.56 Å². The van der Waals surface area contributed by atoms with Crippen LogP contribution in [0.5, 0.6) is 0 Å². The van der Waals surface area contributed by atoms with Crippen LogP contribution in [0.2, 0.25) is 0 Å². The molecular weight excluding hydrogens is 348 g/mol. The minimum absolute atomic E-state index is 0.0148. The Labute approximate surface area is 147 Å². The highest BCUT2D eigenvalue weighted by Gasteiger charge is 2.30. The van der Waals surface area contributed by atoms with Crippen LogP contribution >= 0.6 is 0 Å². The number of rotatable bonds is 8. The summed E-state index contributed by atoms with van der Waals surface area (Å²) in [4.78, 5) is 22.2. The van der Waals surface area contributed by atoms with Crippen LogP contribution in [0.15, 0.2) is 29.2 Å². The molecule has 1 aromatic carbocycles. The van der Waals surface area contributed by atoms with Crippen molar-refractivity contribution in [2.45, 2.75) is 57.1 Å². The van der Waals surface area contributed by atoms with Crippen LogP contribution in [0.3, 0.4) is 0 Å². The van der Waals surface area contributed by atoms with E-state index < -0.39 is 32.6 Å². The van der Waals surface area contributed by atoms with Crippen molar-refractivity contribution in [3.05, 3.63) is 39.9 Å². The summed E-state index contributed by atoms with van der Waals surface area (Å²) in [7, 11) is -3.95. The second-order valence-electron chi connectivity index (χ2n) is 6.72. The van der Waals surface area contributed by atoms with Crippen LogP contribution in [-0.2, 0) is 19.6 Å². The van der Waals surface area contributed by atoms with Crippen LogP contribution in [0.4, 0.5) is 0 Å². The molecule has 8 nitrogen and oxygen atoms in total. The van der Waals surface area contributed by atoms with Crippen molar-refractivity contribution in [3.8, 4) is 0 Å². The molecule has 0 saturated heterocycles. The molecule has 1 rings (SSSR count). The van der Waals surface area contributed by atoms with E-state index in [2.05, 4.69) is 4.72 Å². The summed E-state index contributed by atoms with van der Waals surface area (Å²) in [6.45, 7) is 6.45. The smallest absolute Gasteiger partial charge is 0.324 e. The first-order valence-corrected chi connectivity index (χ1v) is 9.33. The molecular formula is C16H24N2O6S. The number of carbonyl (C=O) groups is 1. The zero-order chi connectivity index (χ0) is 19.3. The molecule has 0 bridgehead atoms. The van der Waals surface area contributed by atoms with Gasteiger partial charge in [-0.15, -0.1) is 0 Å². The normalized spacial score (nSPS) is 13.3. The van der Waals surface area contributed by atoms with Gasteiger partial charge in [0.1, 0.15) is 11.6 Å². The average molecular weight is 372 g/mol. The third-order valence-electron chi connectivity index (χ3n) is 3.15. The second-order valence-corrected chi connectivity index (χ2v) is 8.43. The fourth-order valence-corrected chi connectivity index (χ4v) is 3.21. The Kier molecular flexibility index (Phi) is 7.06. The van der Waals surface area contributed by atoms with Crippen molar-refractivity contribution < 1.29 is 22.9 Å². The number of hydrogen-bond acceptors (Lipinski definition) is 6. The summed E-state index contributed by atoms with van der Waals surface area (Å²) in [5, 5.41) is 10.5. The molecule has 0 fully saturated rings. The van der Waals surface area contributed by atoms with E-state index in [1.165, 1.54) is 12.1 Å². The maximum Gasteiger partial charge on any atom is 0.324 e. The first-order valence-electron chi connectivity index (χ1n) is 7.84. The molecule has 0 aliphatic carbocycles. The molecule has 0 aromatic heterocycles. The predicted molar refractivity (Wildman–Crippen MR) is 92.2 cm³/mol. The van der Waals surface area contributed by atoms with Crippen LogP contribution in [0.1, 0.15) is 39.2 Å². The van der Waals surface area contributed by atoms with Gasteiger partial charge in [-0.05, 0) is 46.2 Å². The number of hydrogen-bond donors (Lipinski definition) is 1. The Morgan fingerprint density at radius 3 is 2.32 bits per heavy atom. The third-order valence-corrected chi connectivity index (χ3v) is 4.64. The summed E-state index contributed by atoms with van der Waals surface area (Å²) in [6, 6.07) is 4.96. The van der Waals surface area contributed by atoms with Crippen molar-refractivity contribution in [1.29, 1.82) is 0 Å². The highest BCUT2D eigenvalue weighted by Crippen LogP contribution is 2.15. The van der Waals surface area contributed by atoms with Gasteiger partial charge in [-0.2, -0.15) is 4.72 Å². The van der Waals surface area contributed by atoms with Crippen molar-refractivity contribution in [2.75, 3.05) is 6.54 Å². The first kappa shape index (κ1) is 21.0. The molecule has 140 valence electrons. The molecule has 0 saturated carbocycles. The SMILES string of the molecule is Cc1ccc(S(=O)(=O)NC(CCC[N+](=O)[O-])C(=O)OC(C)(C)C)cc1. The van der Waals surface area contributed by atoms with Crippen LogP contribution in [0.25, 0.3) is 0 Å². The Morgan fingerprint density at radius 1 is 1.28 bits per heavy atom. The number of aryl methyl sites for hydroxylation is 1. The molecule has 25 heavy (non-hydrogen) atoms. The number of esters is 1. The fourth-order valence-electron chi connectivity index (χ4n) is 2.00. The topological polar surface area (TPSA) is 116 Å². The van der Waals surface area contributed by atoms with E-state index >= 15 is 0 Å². The average Bonchev–Trinajstić information content (AvgIpc) is 2.44. The lowest BCUT2D eigenvalue weighted by Gasteiger charge is -2.24. The Morgan fingerprint density at radius 2 is 1.84 bits per heavy atom. The Bertz CT molecular complexity index is 707. The molecule has 9 heteroatoms. The van der Waals surface area contributed by atoms with Gasteiger partial charge in [0.05, 0.1) is 4.90 Å².